The van der Waals surface area contributed by atoms with Gasteiger partial charge in [-0.3, -0.25) is 0 Å². The third-order valence-electron chi connectivity index (χ3n) is 5.20. The van der Waals surface area contributed by atoms with E-state index >= 15 is 0 Å². The molecule has 0 nitrogen and oxygen atoms in total. The molecule has 2 aliphatic rings. The van der Waals surface area contributed by atoms with Gasteiger partial charge in [0, 0.05) is 28.4 Å². The Labute approximate surface area is 150 Å². The molecule has 20 heavy (non-hydrogen) atoms. The summed E-state index contributed by atoms with van der Waals surface area (Å²) >= 11 is 3.54. The quantitative estimate of drug-likeness (QED) is 0.330. The van der Waals surface area contributed by atoms with Crippen molar-refractivity contribution in [2.45, 2.75) is 65.2 Å². The van der Waals surface area contributed by atoms with Crippen molar-refractivity contribution in [2.75, 3.05) is 5.33 Å². The summed E-state index contributed by atoms with van der Waals surface area (Å²) in [5.41, 5.74) is 3.39. The highest BCUT2D eigenvalue weighted by molar-refractivity contribution is 9.09. The largest absolute Gasteiger partial charge is 0.0925 e. The highest BCUT2D eigenvalue weighted by Gasteiger charge is 2.26. The van der Waals surface area contributed by atoms with Gasteiger partial charge in [0.1, 0.15) is 0 Å². The fourth-order valence-electron chi connectivity index (χ4n) is 3.86. The van der Waals surface area contributed by atoms with E-state index in [4.69, 9.17) is 0 Å². The summed E-state index contributed by atoms with van der Waals surface area (Å²) < 4.78 is 0. The van der Waals surface area contributed by atoms with Crippen LogP contribution in [0.5, 0.6) is 0 Å². The number of hydrogen-bond donors (Lipinski definition) is 0. The van der Waals surface area contributed by atoms with Gasteiger partial charge in [0.15, 0.2) is 0 Å². The van der Waals surface area contributed by atoms with E-state index in [-0.39, 0.29) is 23.1 Å². The maximum absolute atomic E-state index is 3.54. The first kappa shape index (κ1) is 18.8. The maximum atomic E-state index is 3.54. The van der Waals surface area contributed by atoms with Crippen LogP contribution in [-0.2, 0) is 0 Å². The van der Waals surface area contributed by atoms with Crippen LogP contribution in [0.4, 0.5) is 0 Å². The summed E-state index contributed by atoms with van der Waals surface area (Å²) in [5, 5.41) is 1.12. The first-order chi connectivity index (χ1) is 9.20. The Morgan fingerprint density at radius 3 is 2.80 bits per heavy atom. The summed E-state index contributed by atoms with van der Waals surface area (Å²) in [4.78, 5) is 0. The highest BCUT2D eigenvalue weighted by atomic mass is 79.9. The van der Waals surface area contributed by atoms with Gasteiger partial charge in [0.25, 0.3) is 0 Å². The molecule has 0 saturated heterocycles. The van der Waals surface area contributed by atoms with Gasteiger partial charge in [-0.15, -0.1) is 0 Å². The normalized spacial score (nSPS) is 29.9. The first-order valence-electron chi connectivity index (χ1n) is 8.11. The number of halogens is 1. The van der Waals surface area contributed by atoms with Crippen molar-refractivity contribution in [3.8, 4) is 0 Å². The summed E-state index contributed by atoms with van der Waals surface area (Å²) in [5.74, 6) is 2.75. The molecule has 0 heterocycles. The summed E-state index contributed by atoms with van der Waals surface area (Å²) in [6.07, 6.45) is 16.0. The molecule has 0 spiro atoms. The number of allylic oxidation sites excluding steroid dienone is 4. The molecule has 110 valence electrons. The molecule has 2 heteroatoms. The molecule has 2 rings (SSSR count). The predicted molar refractivity (Wildman–Crippen MR) is 94.5 cm³/mol. The van der Waals surface area contributed by atoms with Gasteiger partial charge in [-0.05, 0) is 76.0 Å². The Kier molecular flexibility index (Phi) is 9.09. The zero-order chi connectivity index (χ0) is 13.7. The van der Waals surface area contributed by atoms with Gasteiger partial charge in [0.05, 0.1) is 0 Å². The molecule has 3 unspecified atom stereocenters. The van der Waals surface area contributed by atoms with Crippen LogP contribution in [-0.4, -0.2) is 28.4 Å². The molecule has 0 aliphatic heterocycles. The zero-order valence-electron chi connectivity index (χ0n) is 13.3. The topological polar surface area (TPSA) is 0 Å². The Balaban J connectivity index is 0.00000200. The van der Waals surface area contributed by atoms with Crippen molar-refractivity contribution < 1.29 is 0 Å². The Morgan fingerprint density at radius 1 is 1.35 bits per heavy atom. The van der Waals surface area contributed by atoms with E-state index in [1.54, 1.807) is 11.1 Å². The van der Waals surface area contributed by atoms with Gasteiger partial charge < -0.3 is 0 Å². The third kappa shape index (κ3) is 5.49. The fraction of sp³-hybridized carbons (Fsp3) is 0.778. The Bertz CT molecular complexity index is 345. The second-order valence-corrected chi connectivity index (χ2v) is 7.44. The molecule has 0 amide bonds. The van der Waals surface area contributed by atoms with Crippen molar-refractivity contribution in [3.63, 3.8) is 0 Å². The van der Waals surface area contributed by atoms with E-state index in [0.717, 1.165) is 23.1 Å². The standard InChI is InChI=1S/C18H29Br.Mg/c1-14-8-10-16(11-9-14)15(2)13-18-6-3-5-17(18)7-4-12-19;/h7-8,15-16,18H,3-6,9-13H2,1-2H3;. The molecular formula is C18H29BrMg. The van der Waals surface area contributed by atoms with Crippen LogP contribution >= 0.6 is 15.9 Å². The molecular weight excluding hydrogens is 320 g/mol. The summed E-state index contributed by atoms with van der Waals surface area (Å²) in [7, 11) is 0. The van der Waals surface area contributed by atoms with Crippen LogP contribution in [0.3, 0.4) is 0 Å². The lowest BCUT2D eigenvalue weighted by Gasteiger charge is -2.29. The Hall–Kier alpha value is 0.726. The molecule has 0 N–H and O–H groups in total. The molecule has 0 aromatic carbocycles. The van der Waals surface area contributed by atoms with Crippen molar-refractivity contribution in [3.05, 3.63) is 23.3 Å². The van der Waals surface area contributed by atoms with Crippen LogP contribution in [0.1, 0.15) is 65.2 Å². The van der Waals surface area contributed by atoms with Gasteiger partial charge >= 0.3 is 0 Å². The average Bonchev–Trinajstić information content (AvgIpc) is 2.84. The van der Waals surface area contributed by atoms with Gasteiger partial charge in [-0.1, -0.05) is 46.2 Å². The van der Waals surface area contributed by atoms with Crippen LogP contribution in [0, 0.1) is 17.8 Å². The number of hydrogen-bond acceptors (Lipinski definition) is 0. The van der Waals surface area contributed by atoms with E-state index < -0.39 is 0 Å². The van der Waals surface area contributed by atoms with E-state index in [1.807, 2.05) is 0 Å². The minimum atomic E-state index is 0. The van der Waals surface area contributed by atoms with E-state index in [1.165, 1.54) is 51.4 Å². The molecule has 2 radical (unpaired) electrons. The zero-order valence-corrected chi connectivity index (χ0v) is 16.3. The van der Waals surface area contributed by atoms with E-state index in [2.05, 4.69) is 41.9 Å². The van der Waals surface area contributed by atoms with Gasteiger partial charge in [-0.2, -0.15) is 0 Å². The molecule has 0 bridgehead atoms. The minimum absolute atomic E-state index is 0. The summed E-state index contributed by atoms with van der Waals surface area (Å²) in [6.45, 7) is 4.79. The van der Waals surface area contributed by atoms with Crippen molar-refractivity contribution in [1.82, 2.24) is 0 Å². The number of alkyl halides is 1. The van der Waals surface area contributed by atoms with Crippen molar-refractivity contribution in [1.29, 1.82) is 0 Å². The van der Waals surface area contributed by atoms with Gasteiger partial charge in [0.2, 0.25) is 0 Å². The van der Waals surface area contributed by atoms with E-state index in [0.29, 0.717) is 0 Å². The van der Waals surface area contributed by atoms with Crippen LogP contribution in [0.25, 0.3) is 0 Å². The third-order valence-corrected chi connectivity index (χ3v) is 5.66. The van der Waals surface area contributed by atoms with Gasteiger partial charge in [-0.25, -0.2) is 0 Å². The smallest absolute Gasteiger partial charge is 0.00660 e. The van der Waals surface area contributed by atoms with E-state index in [9.17, 15) is 0 Å². The average molecular weight is 350 g/mol. The molecule has 0 aromatic heterocycles. The second-order valence-electron chi connectivity index (χ2n) is 6.64. The highest BCUT2D eigenvalue weighted by Crippen LogP contribution is 2.40. The molecule has 0 aromatic rings. The lowest BCUT2D eigenvalue weighted by molar-refractivity contribution is 0.282. The number of rotatable bonds is 5. The molecule has 2 aliphatic carbocycles. The van der Waals surface area contributed by atoms with Crippen molar-refractivity contribution in [2.24, 2.45) is 17.8 Å². The molecule has 1 fully saturated rings. The Morgan fingerprint density at radius 2 is 2.15 bits per heavy atom. The first-order valence-corrected chi connectivity index (χ1v) is 9.23. The molecule has 3 atom stereocenters. The van der Waals surface area contributed by atoms with Crippen LogP contribution in [0.2, 0.25) is 0 Å². The SMILES string of the molecule is CC1=CCC(C(C)CC2CCCC2=CCCBr)CC1.[Mg]. The second kappa shape index (κ2) is 9.68. The predicted octanol–water partition coefficient (Wildman–Crippen LogP) is 5.89. The van der Waals surface area contributed by atoms with Crippen LogP contribution in [0.15, 0.2) is 23.3 Å². The maximum Gasteiger partial charge on any atom is 0.00660 e. The van der Waals surface area contributed by atoms with Crippen LogP contribution < -0.4 is 0 Å². The molecule has 1 saturated carbocycles. The lowest BCUT2D eigenvalue weighted by atomic mass is 9.77. The summed E-state index contributed by atoms with van der Waals surface area (Å²) in [6, 6.07) is 0. The lowest BCUT2D eigenvalue weighted by Crippen LogP contribution is -2.17. The van der Waals surface area contributed by atoms with Crippen molar-refractivity contribution >= 4 is 39.0 Å². The fourth-order valence-corrected chi connectivity index (χ4v) is 4.09. The minimum Gasteiger partial charge on any atom is -0.0925 e. The monoisotopic (exact) mass is 348 g/mol.